The third-order valence-corrected chi connectivity index (χ3v) is 4.22. The molecule has 104 valence electrons. The second kappa shape index (κ2) is 6.18. The maximum Gasteiger partial charge on any atom is 0.186 e. The zero-order chi connectivity index (χ0) is 13.8. The molecule has 1 aromatic rings. The van der Waals surface area contributed by atoms with E-state index < -0.39 is 0 Å². The standard InChI is InChI=1S/C16H19N3S/c20-16(17-10-9-12-5-2-1-3-6-12)19-18-15-11-13-7-4-8-14(13)15/h1-6,8,13-14H,7,9-11H2,(H2,17,19,20)/b18-15-/t13-,14+/m1/s1. The van der Waals surface area contributed by atoms with E-state index in [1.165, 1.54) is 17.7 Å². The fraction of sp³-hybridized carbons (Fsp3) is 0.375. The zero-order valence-corrected chi connectivity index (χ0v) is 12.2. The van der Waals surface area contributed by atoms with Gasteiger partial charge in [0.1, 0.15) is 0 Å². The summed E-state index contributed by atoms with van der Waals surface area (Å²) in [4.78, 5) is 0. The van der Waals surface area contributed by atoms with Crippen LogP contribution in [0.3, 0.4) is 0 Å². The van der Waals surface area contributed by atoms with Crippen molar-refractivity contribution in [1.82, 2.24) is 10.7 Å². The zero-order valence-electron chi connectivity index (χ0n) is 11.4. The Balaban J connectivity index is 1.38. The number of benzene rings is 1. The van der Waals surface area contributed by atoms with Crippen molar-refractivity contribution in [2.75, 3.05) is 6.54 Å². The summed E-state index contributed by atoms with van der Waals surface area (Å²) in [7, 11) is 0. The molecule has 0 spiro atoms. The van der Waals surface area contributed by atoms with Gasteiger partial charge >= 0.3 is 0 Å². The molecule has 0 heterocycles. The van der Waals surface area contributed by atoms with Crippen molar-refractivity contribution in [3.63, 3.8) is 0 Å². The van der Waals surface area contributed by atoms with Gasteiger partial charge in [-0.25, -0.2) is 0 Å². The Hall–Kier alpha value is -1.68. The molecule has 0 unspecified atom stereocenters. The second-order valence-electron chi connectivity index (χ2n) is 5.36. The van der Waals surface area contributed by atoms with Crippen molar-refractivity contribution < 1.29 is 0 Å². The summed E-state index contributed by atoms with van der Waals surface area (Å²) in [6.07, 6.45) is 7.81. The lowest BCUT2D eigenvalue weighted by molar-refractivity contribution is 0.444. The number of fused-ring (bicyclic) bond motifs is 1. The molecule has 0 radical (unpaired) electrons. The average Bonchev–Trinajstić information content (AvgIpc) is 2.82. The number of hydrogen-bond acceptors (Lipinski definition) is 2. The van der Waals surface area contributed by atoms with Crippen LogP contribution in [0.1, 0.15) is 18.4 Å². The van der Waals surface area contributed by atoms with Crippen LogP contribution in [-0.4, -0.2) is 17.4 Å². The number of nitrogens with one attached hydrogen (secondary N) is 2. The molecule has 0 aliphatic heterocycles. The lowest BCUT2D eigenvalue weighted by Gasteiger charge is -2.31. The molecule has 0 bridgehead atoms. The van der Waals surface area contributed by atoms with Crippen molar-refractivity contribution in [3.05, 3.63) is 48.0 Å². The van der Waals surface area contributed by atoms with Crippen LogP contribution in [0, 0.1) is 11.8 Å². The first-order valence-electron chi connectivity index (χ1n) is 7.14. The van der Waals surface area contributed by atoms with E-state index >= 15 is 0 Å². The Morgan fingerprint density at radius 2 is 2.15 bits per heavy atom. The summed E-state index contributed by atoms with van der Waals surface area (Å²) in [5.74, 6) is 1.37. The predicted molar refractivity (Wildman–Crippen MR) is 86.7 cm³/mol. The van der Waals surface area contributed by atoms with Crippen LogP contribution in [0.15, 0.2) is 47.6 Å². The fourth-order valence-corrected chi connectivity index (χ4v) is 2.94. The number of allylic oxidation sites excluding steroid dienone is 2. The van der Waals surface area contributed by atoms with Gasteiger partial charge in [-0.1, -0.05) is 42.5 Å². The quantitative estimate of drug-likeness (QED) is 0.507. The predicted octanol–water partition coefficient (Wildman–Crippen LogP) is 2.65. The molecule has 1 fully saturated rings. The van der Waals surface area contributed by atoms with E-state index in [0.717, 1.165) is 25.3 Å². The minimum Gasteiger partial charge on any atom is -0.361 e. The molecule has 20 heavy (non-hydrogen) atoms. The lowest BCUT2D eigenvalue weighted by atomic mass is 9.74. The molecule has 2 aliphatic carbocycles. The third-order valence-electron chi connectivity index (χ3n) is 3.99. The topological polar surface area (TPSA) is 36.4 Å². The highest BCUT2D eigenvalue weighted by atomic mass is 32.1. The molecule has 1 saturated carbocycles. The number of thiocarbonyl (C=S) groups is 1. The SMILES string of the molecule is S=C(NCCc1ccccc1)N/N=C1/C[C@H]2CC=C[C@H]12. The largest absolute Gasteiger partial charge is 0.361 e. The van der Waals surface area contributed by atoms with Crippen molar-refractivity contribution in [2.24, 2.45) is 16.9 Å². The smallest absolute Gasteiger partial charge is 0.186 e. The molecule has 0 amide bonds. The highest BCUT2D eigenvalue weighted by Gasteiger charge is 2.37. The molecule has 3 rings (SSSR count). The molecule has 1 aromatic carbocycles. The normalized spacial score (nSPS) is 25.1. The summed E-state index contributed by atoms with van der Waals surface area (Å²) in [6.45, 7) is 0.826. The van der Waals surface area contributed by atoms with Crippen LogP contribution in [0.4, 0.5) is 0 Å². The molecule has 4 heteroatoms. The Morgan fingerprint density at radius 3 is 2.95 bits per heavy atom. The Labute approximate surface area is 125 Å². The molecular formula is C16H19N3S. The minimum absolute atomic E-state index is 0.564. The number of nitrogens with zero attached hydrogens (tertiary/aromatic N) is 1. The molecule has 2 aliphatic rings. The van der Waals surface area contributed by atoms with Gasteiger partial charge in [-0.15, -0.1) is 0 Å². The van der Waals surface area contributed by atoms with E-state index in [0.29, 0.717) is 11.0 Å². The lowest BCUT2D eigenvalue weighted by Crippen LogP contribution is -2.38. The minimum atomic E-state index is 0.564. The molecule has 2 atom stereocenters. The molecule has 0 aromatic heterocycles. The number of hydrazone groups is 1. The number of rotatable bonds is 4. The fourth-order valence-electron chi connectivity index (χ4n) is 2.79. The summed E-state index contributed by atoms with van der Waals surface area (Å²) >= 11 is 5.23. The van der Waals surface area contributed by atoms with Crippen LogP contribution in [0.25, 0.3) is 0 Å². The Bertz CT molecular complexity index is 536. The summed E-state index contributed by atoms with van der Waals surface area (Å²) in [5, 5.41) is 8.21. The summed E-state index contributed by atoms with van der Waals surface area (Å²) in [6, 6.07) is 10.4. The van der Waals surface area contributed by atoms with Crippen LogP contribution in [0.5, 0.6) is 0 Å². The van der Waals surface area contributed by atoms with Crippen molar-refractivity contribution >= 4 is 23.0 Å². The van der Waals surface area contributed by atoms with Gasteiger partial charge in [0.15, 0.2) is 5.11 Å². The maximum atomic E-state index is 5.23. The van der Waals surface area contributed by atoms with Crippen molar-refractivity contribution in [2.45, 2.75) is 19.3 Å². The van der Waals surface area contributed by atoms with Crippen LogP contribution < -0.4 is 10.7 Å². The first-order valence-corrected chi connectivity index (χ1v) is 7.54. The van der Waals surface area contributed by atoms with Gasteiger partial charge < -0.3 is 5.32 Å². The molecule has 2 N–H and O–H groups in total. The van der Waals surface area contributed by atoms with Crippen LogP contribution in [0.2, 0.25) is 0 Å². The Morgan fingerprint density at radius 1 is 1.30 bits per heavy atom. The van der Waals surface area contributed by atoms with Gasteiger partial charge in [0, 0.05) is 18.2 Å². The van der Waals surface area contributed by atoms with Crippen LogP contribution in [-0.2, 0) is 6.42 Å². The summed E-state index contributed by atoms with van der Waals surface area (Å²) in [5.41, 5.74) is 5.50. The summed E-state index contributed by atoms with van der Waals surface area (Å²) < 4.78 is 0. The first kappa shape index (κ1) is 13.3. The van der Waals surface area contributed by atoms with Crippen molar-refractivity contribution in [1.29, 1.82) is 0 Å². The van der Waals surface area contributed by atoms with E-state index in [9.17, 15) is 0 Å². The van der Waals surface area contributed by atoms with E-state index in [-0.39, 0.29) is 0 Å². The second-order valence-corrected chi connectivity index (χ2v) is 5.77. The van der Waals surface area contributed by atoms with E-state index in [4.69, 9.17) is 12.2 Å². The van der Waals surface area contributed by atoms with Gasteiger partial charge in [-0.3, -0.25) is 5.43 Å². The third kappa shape index (κ3) is 3.07. The average molecular weight is 285 g/mol. The maximum absolute atomic E-state index is 5.23. The molecule has 3 nitrogen and oxygen atoms in total. The first-order chi connectivity index (χ1) is 9.83. The monoisotopic (exact) mass is 285 g/mol. The van der Waals surface area contributed by atoms with Crippen LogP contribution >= 0.6 is 12.2 Å². The van der Waals surface area contributed by atoms with E-state index in [1.54, 1.807) is 0 Å². The Kier molecular flexibility index (Phi) is 4.11. The van der Waals surface area contributed by atoms with Gasteiger partial charge in [0.25, 0.3) is 0 Å². The van der Waals surface area contributed by atoms with Gasteiger partial charge in [-0.2, -0.15) is 5.10 Å². The van der Waals surface area contributed by atoms with Gasteiger partial charge in [0.05, 0.1) is 0 Å². The van der Waals surface area contributed by atoms with E-state index in [2.05, 4.69) is 52.3 Å². The van der Waals surface area contributed by atoms with Crippen molar-refractivity contribution in [3.8, 4) is 0 Å². The highest BCUT2D eigenvalue weighted by molar-refractivity contribution is 7.80. The molecular weight excluding hydrogens is 266 g/mol. The van der Waals surface area contributed by atoms with Gasteiger partial charge in [-0.05, 0) is 43.0 Å². The van der Waals surface area contributed by atoms with Gasteiger partial charge in [0.2, 0.25) is 0 Å². The van der Waals surface area contributed by atoms with E-state index in [1.807, 2.05) is 6.07 Å². The molecule has 0 saturated heterocycles. The highest BCUT2D eigenvalue weighted by Crippen LogP contribution is 2.40. The number of hydrogen-bond donors (Lipinski definition) is 2.